The van der Waals surface area contributed by atoms with Crippen molar-refractivity contribution in [3.63, 3.8) is 0 Å². The molecule has 4 aromatic rings. The van der Waals surface area contributed by atoms with Crippen molar-refractivity contribution in [3.8, 4) is 22.6 Å². The topological polar surface area (TPSA) is 111 Å². The van der Waals surface area contributed by atoms with Gasteiger partial charge in [-0.1, -0.05) is 36.4 Å². The highest BCUT2D eigenvalue weighted by Crippen LogP contribution is 2.40. The summed E-state index contributed by atoms with van der Waals surface area (Å²) in [6.07, 6.45) is 2.73. The molecule has 0 amide bonds. The maximum Gasteiger partial charge on any atom is 0.336 e. The number of hydrogen-bond acceptors (Lipinski definition) is 4. The van der Waals surface area contributed by atoms with E-state index in [2.05, 4.69) is 17.7 Å². The first-order chi connectivity index (χ1) is 16.0. The van der Waals surface area contributed by atoms with Crippen LogP contribution in [0.5, 0.6) is 11.5 Å². The summed E-state index contributed by atoms with van der Waals surface area (Å²) < 4.78 is 13.0. The van der Waals surface area contributed by atoms with Crippen LogP contribution in [0.15, 0.2) is 60.8 Å². The Bertz CT molecular complexity index is 1420. The lowest BCUT2D eigenvalue weighted by molar-refractivity contribution is 0.0697. The van der Waals surface area contributed by atoms with Crippen molar-refractivity contribution >= 4 is 22.7 Å². The summed E-state index contributed by atoms with van der Waals surface area (Å²) in [4.78, 5) is 12.0. The minimum atomic E-state index is -1.02. The van der Waals surface area contributed by atoms with Gasteiger partial charge in [0, 0.05) is 41.2 Å². The summed E-state index contributed by atoms with van der Waals surface area (Å²) in [5, 5.41) is 18.7. The second kappa shape index (κ2) is 8.02. The minimum Gasteiger partial charge on any atom is -0.478 e. The maximum atomic E-state index is 12.0. The van der Waals surface area contributed by atoms with Gasteiger partial charge in [0.2, 0.25) is 6.79 Å². The van der Waals surface area contributed by atoms with Crippen molar-refractivity contribution in [2.75, 3.05) is 6.79 Å². The van der Waals surface area contributed by atoms with Gasteiger partial charge in [0.25, 0.3) is 0 Å². The molecule has 4 N–H and O–H groups in total. The zero-order chi connectivity index (χ0) is 23.1. The molecule has 3 aromatic carbocycles. The zero-order valence-corrected chi connectivity index (χ0v) is 18.1. The minimum absolute atomic E-state index is 0.0386. The van der Waals surface area contributed by atoms with Crippen LogP contribution in [-0.4, -0.2) is 28.3 Å². The number of carbonyl (C=O) groups is 1. The molecule has 5 rings (SSSR count). The molecule has 1 aliphatic heterocycles. The second-order valence-corrected chi connectivity index (χ2v) is 7.98. The normalized spacial score (nSPS) is 12.3. The van der Waals surface area contributed by atoms with Crippen LogP contribution in [0.1, 0.15) is 34.0 Å². The molecule has 0 aliphatic carbocycles. The van der Waals surface area contributed by atoms with E-state index < -0.39 is 5.97 Å². The highest BCUT2D eigenvalue weighted by Gasteiger charge is 2.23. The number of amidine groups is 1. The van der Waals surface area contributed by atoms with Crippen molar-refractivity contribution < 1.29 is 19.4 Å². The summed E-state index contributed by atoms with van der Waals surface area (Å²) in [7, 11) is 0. The summed E-state index contributed by atoms with van der Waals surface area (Å²) >= 11 is 0. The van der Waals surface area contributed by atoms with Crippen LogP contribution in [0, 0.1) is 5.41 Å². The molecule has 0 saturated carbocycles. The predicted octanol–water partition coefficient (Wildman–Crippen LogP) is 4.63. The van der Waals surface area contributed by atoms with Crippen molar-refractivity contribution in [3.05, 3.63) is 83.0 Å². The van der Waals surface area contributed by atoms with Crippen LogP contribution in [0.2, 0.25) is 0 Å². The van der Waals surface area contributed by atoms with Crippen molar-refractivity contribution in [2.24, 2.45) is 5.73 Å². The number of rotatable bonds is 6. The first-order valence-electron chi connectivity index (χ1n) is 10.7. The van der Waals surface area contributed by atoms with Gasteiger partial charge in [0.1, 0.15) is 5.84 Å². The molecule has 7 nitrogen and oxygen atoms in total. The van der Waals surface area contributed by atoms with Gasteiger partial charge in [-0.05, 0) is 41.8 Å². The Labute approximate surface area is 190 Å². The summed E-state index contributed by atoms with van der Waals surface area (Å²) in [5.41, 5.74) is 11.1. The number of aromatic nitrogens is 1. The summed E-state index contributed by atoms with van der Waals surface area (Å²) in [5.74, 6) is 0.0131. The van der Waals surface area contributed by atoms with Crippen LogP contribution in [0.3, 0.4) is 0 Å². The summed E-state index contributed by atoms with van der Waals surface area (Å²) in [6, 6.07) is 16.9. The third-order valence-electron chi connectivity index (χ3n) is 6.05. The second-order valence-electron chi connectivity index (χ2n) is 7.98. The fourth-order valence-corrected chi connectivity index (χ4v) is 4.42. The number of nitrogens with one attached hydrogen (secondary N) is 1. The number of ether oxygens (including phenoxy) is 2. The van der Waals surface area contributed by atoms with E-state index in [-0.39, 0.29) is 18.2 Å². The first kappa shape index (κ1) is 20.6. The van der Waals surface area contributed by atoms with Gasteiger partial charge in [-0.25, -0.2) is 4.79 Å². The van der Waals surface area contributed by atoms with Crippen LogP contribution in [0.4, 0.5) is 0 Å². The Morgan fingerprint density at radius 1 is 1.06 bits per heavy atom. The number of fused-ring (bicyclic) bond motifs is 2. The summed E-state index contributed by atoms with van der Waals surface area (Å²) in [6.45, 7) is 2.94. The van der Waals surface area contributed by atoms with E-state index in [1.54, 1.807) is 6.07 Å². The molecule has 166 valence electrons. The van der Waals surface area contributed by atoms with Gasteiger partial charge in [-0.15, -0.1) is 0 Å². The number of hydrogen-bond donors (Lipinski definition) is 3. The van der Waals surface area contributed by atoms with Gasteiger partial charge in [-0.3, -0.25) is 5.41 Å². The standard InChI is InChI=1S/C26H23N3O4/c1-2-29-13-17(19-8-7-16(25(27)28)10-22(19)29)9-15-5-3-4-6-18(15)20-11-23-24(33-14-32-23)12-21(20)26(30)31/h3-8,10-13H,2,9,14H2,1H3,(H3,27,28)(H,30,31). The highest BCUT2D eigenvalue weighted by molar-refractivity contribution is 6.00. The van der Waals surface area contributed by atoms with E-state index in [4.69, 9.17) is 20.6 Å². The van der Waals surface area contributed by atoms with Crippen LogP contribution < -0.4 is 15.2 Å². The molecule has 0 atom stereocenters. The molecule has 0 bridgehead atoms. The SMILES string of the molecule is CCn1cc(Cc2ccccc2-c2cc3c(cc2C(=O)O)OCO3)c2ccc(C(=N)N)cc21. The number of nitrogen functional groups attached to an aromatic ring is 1. The van der Waals surface area contributed by atoms with E-state index >= 15 is 0 Å². The zero-order valence-electron chi connectivity index (χ0n) is 18.1. The van der Waals surface area contributed by atoms with Crippen molar-refractivity contribution in [1.82, 2.24) is 4.57 Å². The van der Waals surface area contributed by atoms with E-state index in [9.17, 15) is 9.90 Å². The Hall–Kier alpha value is -4.26. The Kier molecular flexibility index (Phi) is 5.01. The molecular formula is C26H23N3O4. The molecule has 0 radical (unpaired) electrons. The largest absolute Gasteiger partial charge is 0.478 e. The quantitative estimate of drug-likeness (QED) is 0.298. The molecule has 0 unspecified atom stereocenters. The molecule has 33 heavy (non-hydrogen) atoms. The lowest BCUT2D eigenvalue weighted by Gasteiger charge is -2.13. The molecule has 1 aromatic heterocycles. The lowest BCUT2D eigenvalue weighted by atomic mass is 9.91. The molecule has 2 heterocycles. The predicted molar refractivity (Wildman–Crippen MR) is 126 cm³/mol. The molecule has 0 spiro atoms. The molecule has 7 heteroatoms. The van der Waals surface area contributed by atoms with Crippen molar-refractivity contribution in [2.45, 2.75) is 19.9 Å². The van der Waals surface area contributed by atoms with Crippen LogP contribution in [0.25, 0.3) is 22.0 Å². The number of benzene rings is 3. The van der Waals surface area contributed by atoms with Crippen LogP contribution in [-0.2, 0) is 13.0 Å². The Morgan fingerprint density at radius 2 is 1.82 bits per heavy atom. The van der Waals surface area contributed by atoms with Crippen molar-refractivity contribution in [1.29, 1.82) is 5.41 Å². The van der Waals surface area contributed by atoms with Gasteiger partial charge in [0.15, 0.2) is 11.5 Å². The van der Waals surface area contributed by atoms with Gasteiger partial charge < -0.3 is 24.9 Å². The van der Waals surface area contributed by atoms with E-state index in [0.29, 0.717) is 29.0 Å². The van der Waals surface area contributed by atoms with Crippen LogP contribution >= 0.6 is 0 Å². The monoisotopic (exact) mass is 441 g/mol. The van der Waals surface area contributed by atoms with Gasteiger partial charge in [-0.2, -0.15) is 0 Å². The number of nitrogens with zero attached hydrogens (tertiary/aromatic N) is 1. The average Bonchev–Trinajstić information content (AvgIpc) is 3.42. The lowest BCUT2D eigenvalue weighted by Crippen LogP contribution is -2.10. The molecule has 0 fully saturated rings. The average molecular weight is 441 g/mol. The van der Waals surface area contributed by atoms with Gasteiger partial charge >= 0.3 is 5.97 Å². The number of nitrogens with two attached hydrogens (primary N) is 1. The third-order valence-corrected chi connectivity index (χ3v) is 6.05. The van der Waals surface area contributed by atoms with E-state index in [1.165, 1.54) is 6.07 Å². The molecular weight excluding hydrogens is 418 g/mol. The number of aromatic carboxylic acids is 1. The van der Waals surface area contributed by atoms with E-state index in [1.807, 2.05) is 42.5 Å². The Balaban J connectivity index is 1.63. The first-order valence-corrected chi connectivity index (χ1v) is 10.7. The number of carboxylic acid groups (broad SMARTS) is 1. The maximum absolute atomic E-state index is 12.0. The molecule has 0 saturated heterocycles. The number of carboxylic acids is 1. The smallest absolute Gasteiger partial charge is 0.336 e. The Morgan fingerprint density at radius 3 is 2.55 bits per heavy atom. The fourth-order valence-electron chi connectivity index (χ4n) is 4.42. The number of aryl methyl sites for hydroxylation is 1. The van der Waals surface area contributed by atoms with Gasteiger partial charge in [0.05, 0.1) is 5.56 Å². The van der Waals surface area contributed by atoms with E-state index in [0.717, 1.165) is 34.1 Å². The third kappa shape index (κ3) is 3.57. The highest BCUT2D eigenvalue weighted by atomic mass is 16.7. The fraction of sp³-hybridized carbons (Fsp3) is 0.154. The molecule has 1 aliphatic rings.